The van der Waals surface area contributed by atoms with Gasteiger partial charge in [0.2, 0.25) is 5.91 Å². The maximum atomic E-state index is 12.5. The van der Waals surface area contributed by atoms with Gasteiger partial charge < -0.3 is 14.6 Å². The van der Waals surface area contributed by atoms with Crippen molar-refractivity contribution in [3.63, 3.8) is 0 Å². The first kappa shape index (κ1) is 13.1. The molecular weight excluding hydrogens is 228 g/mol. The molecule has 1 aromatic rings. The number of carbonyl (C=O) groups is 1. The van der Waals surface area contributed by atoms with E-state index in [0.717, 1.165) is 37.3 Å². The van der Waals surface area contributed by atoms with Crippen molar-refractivity contribution in [2.24, 2.45) is 5.41 Å². The summed E-state index contributed by atoms with van der Waals surface area (Å²) in [5.41, 5.74) is 0.876. The topological polar surface area (TPSA) is 45.5 Å². The molecule has 18 heavy (non-hydrogen) atoms. The van der Waals surface area contributed by atoms with E-state index in [0.29, 0.717) is 6.54 Å². The number of aryl methyl sites for hydroxylation is 1. The first-order valence-electron chi connectivity index (χ1n) is 6.52. The highest BCUT2D eigenvalue weighted by Crippen LogP contribution is 2.30. The fourth-order valence-electron chi connectivity index (χ4n) is 2.56. The van der Waals surface area contributed by atoms with Gasteiger partial charge in [-0.25, -0.2) is 0 Å². The summed E-state index contributed by atoms with van der Waals surface area (Å²) in [6, 6.07) is 1.93. The number of carbonyl (C=O) groups excluding carboxylic acids is 1. The maximum Gasteiger partial charge on any atom is 0.228 e. The number of furan rings is 1. The molecule has 0 atom stereocenters. The van der Waals surface area contributed by atoms with E-state index < -0.39 is 0 Å². The third-order valence-electron chi connectivity index (χ3n) is 3.94. The summed E-state index contributed by atoms with van der Waals surface area (Å²) in [5, 5.41) is 3.30. The van der Waals surface area contributed by atoms with Crippen LogP contribution in [0, 0.1) is 12.3 Å². The summed E-state index contributed by atoms with van der Waals surface area (Å²) in [7, 11) is 1.88. The molecule has 1 amide bonds. The maximum absolute atomic E-state index is 12.5. The quantitative estimate of drug-likeness (QED) is 0.891. The highest BCUT2D eigenvalue weighted by atomic mass is 16.3. The smallest absolute Gasteiger partial charge is 0.228 e. The Bertz CT molecular complexity index is 419. The van der Waals surface area contributed by atoms with Crippen molar-refractivity contribution in [3.05, 3.63) is 23.7 Å². The van der Waals surface area contributed by atoms with Crippen molar-refractivity contribution in [2.45, 2.75) is 33.2 Å². The number of hydrogen-bond acceptors (Lipinski definition) is 3. The largest absolute Gasteiger partial charge is 0.469 e. The normalized spacial score (nSPS) is 18.6. The molecular formula is C14H22N2O2. The molecule has 0 radical (unpaired) electrons. The lowest BCUT2D eigenvalue weighted by Crippen LogP contribution is -2.46. The number of nitrogens with zero attached hydrogens (tertiary/aromatic N) is 1. The summed E-state index contributed by atoms with van der Waals surface area (Å²) < 4.78 is 5.27. The minimum absolute atomic E-state index is 0.211. The van der Waals surface area contributed by atoms with Crippen LogP contribution < -0.4 is 5.32 Å². The van der Waals surface area contributed by atoms with Gasteiger partial charge in [-0.2, -0.15) is 0 Å². The standard InChI is InChI=1S/C14H22N2O2/c1-11-12(4-9-18-11)10-16(3)13(17)14(2)5-7-15-8-6-14/h4,9,15H,5-8,10H2,1-3H3. The zero-order valence-corrected chi connectivity index (χ0v) is 11.5. The molecule has 0 aromatic carbocycles. The lowest BCUT2D eigenvalue weighted by Gasteiger charge is -2.36. The van der Waals surface area contributed by atoms with Gasteiger partial charge in [-0.1, -0.05) is 6.92 Å². The molecule has 0 saturated carbocycles. The summed E-state index contributed by atoms with van der Waals surface area (Å²) in [4.78, 5) is 14.3. The molecule has 4 heteroatoms. The van der Waals surface area contributed by atoms with Crippen molar-refractivity contribution in [2.75, 3.05) is 20.1 Å². The predicted molar refractivity (Wildman–Crippen MR) is 70.1 cm³/mol. The molecule has 1 aliphatic rings. The number of hydrogen-bond donors (Lipinski definition) is 1. The zero-order chi connectivity index (χ0) is 13.2. The molecule has 1 aliphatic heterocycles. The van der Waals surface area contributed by atoms with Crippen LogP contribution in [0.15, 0.2) is 16.7 Å². The predicted octanol–water partition coefficient (Wildman–Crippen LogP) is 1.94. The SMILES string of the molecule is Cc1occc1CN(C)C(=O)C1(C)CCNCC1. The van der Waals surface area contributed by atoms with Gasteiger partial charge in [0.25, 0.3) is 0 Å². The Labute approximate surface area is 108 Å². The molecule has 0 aliphatic carbocycles. The van der Waals surface area contributed by atoms with Crippen molar-refractivity contribution in [1.29, 1.82) is 0 Å². The Balaban J connectivity index is 2.02. The van der Waals surface area contributed by atoms with Gasteiger partial charge in [-0.05, 0) is 38.9 Å². The molecule has 0 bridgehead atoms. The molecule has 2 rings (SSSR count). The van der Waals surface area contributed by atoms with Gasteiger partial charge in [0.1, 0.15) is 5.76 Å². The van der Waals surface area contributed by atoms with Crippen molar-refractivity contribution < 1.29 is 9.21 Å². The lowest BCUT2D eigenvalue weighted by molar-refractivity contribution is -0.141. The Hall–Kier alpha value is -1.29. The van der Waals surface area contributed by atoms with E-state index in [1.165, 1.54) is 0 Å². The van der Waals surface area contributed by atoms with Crippen molar-refractivity contribution in [1.82, 2.24) is 10.2 Å². The Morgan fingerprint density at radius 2 is 2.17 bits per heavy atom. The van der Waals surface area contributed by atoms with E-state index >= 15 is 0 Å². The summed E-state index contributed by atoms with van der Waals surface area (Å²) >= 11 is 0. The van der Waals surface area contributed by atoms with Gasteiger partial charge >= 0.3 is 0 Å². The molecule has 4 nitrogen and oxygen atoms in total. The average Bonchev–Trinajstić information content (AvgIpc) is 2.75. The van der Waals surface area contributed by atoms with E-state index in [1.54, 1.807) is 6.26 Å². The number of rotatable bonds is 3. The molecule has 100 valence electrons. The number of piperidine rings is 1. The molecule has 1 saturated heterocycles. The molecule has 1 N–H and O–H groups in total. The molecule has 1 aromatic heterocycles. The lowest BCUT2D eigenvalue weighted by atomic mass is 9.79. The first-order chi connectivity index (χ1) is 8.53. The van der Waals surface area contributed by atoms with E-state index in [-0.39, 0.29) is 11.3 Å². The van der Waals surface area contributed by atoms with Crippen molar-refractivity contribution >= 4 is 5.91 Å². The molecule has 2 heterocycles. The van der Waals surface area contributed by atoms with Crippen LogP contribution in [-0.4, -0.2) is 30.9 Å². The highest BCUT2D eigenvalue weighted by molar-refractivity contribution is 5.82. The number of amides is 1. The van der Waals surface area contributed by atoms with E-state index in [1.807, 2.05) is 24.9 Å². The van der Waals surface area contributed by atoms with Crippen LogP contribution in [0.25, 0.3) is 0 Å². The Kier molecular flexibility index (Phi) is 3.76. The van der Waals surface area contributed by atoms with Crippen LogP contribution in [0.4, 0.5) is 0 Å². The fourth-order valence-corrected chi connectivity index (χ4v) is 2.56. The highest BCUT2D eigenvalue weighted by Gasteiger charge is 2.36. The third-order valence-corrected chi connectivity index (χ3v) is 3.94. The van der Waals surface area contributed by atoms with Crippen LogP contribution in [0.5, 0.6) is 0 Å². The monoisotopic (exact) mass is 250 g/mol. The van der Waals surface area contributed by atoms with Crippen LogP contribution >= 0.6 is 0 Å². The van der Waals surface area contributed by atoms with Gasteiger partial charge in [0.15, 0.2) is 0 Å². The first-order valence-corrected chi connectivity index (χ1v) is 6.52. The fraction of sp³-hybridized carbons (Fsp3) is 0.643. The second kappa shape index (κ2) is 5.14. The van der Waals surface area contributed by atoms with Gasteiger partial charge in [0.05, 0.1) is 6.26 Å². The van der Waals surface area contributed by atoms with Crippen molar-refractivity contribution in [3.8, 4) is 0 Å². The van der Waals surface area contributed by atoms with Crippen LogP contribution in [0.1, 0.15) is 31.1 Å². The minimum Gasteiger partial charge on any atom is -0.469 e. The average molecular weight is 250 g/mol. The Morgan fingerprint density at radius 3 is 2.72 bits per heavy atom. The van der Waals surface area contributed by atoms with Gasteiger partial charge in [-0.3, -0.25) is 4.79 Å². The summed E-state index contributed by atoms with van der Waals surface area (Å²) in [5.74, 6) is 1.13. The Morgan fingerprint density at radius 1 is 1.50 bits per heavy atom. The third kappa shape index (κ3) is 2.58. The van der Waals surface area contributed by atoms with Gasteiger partial charge in [0, 0.05) is 24.6 Å². The second-order valence-electron chi connectivity index (χ2n) is 5.47. The molecule has 1 fully saturated rings. The zero-order valence-electron chi connectivity index (χ0n) is 11.5. The van der Waals surface area contributed by atoms with Crippen LogP contribution in [0.3, 0.4) is 0 Å². The van der Waals surface area contributed by atoms with Crippen LogP contribution in [-0.2, 0) is 11.3 Å². The molecule has 0 unspecified atom stereocenters. The summed E-state index contributed by atoms with van der Waals surface area (Å²) in [6.07, 6.45) is 3.51. The number of nitrogens with one attached hydrogen (secondary N) is 1. The van der Waals surface area contributed by atoms with E-state index in [4.69, 9.17) is 4.42 Å². The van der Waals surface area contributed by atoms with E-state index in [2.05, 4.69) is 12.2 Å². The summed E-state index contributed by atoms with van der Waals surface area (Å²) in [6.45, 7) is 6.50. The van der Waals surface area contributed by atoms with E-state index in [9.17, 15) is 4.79 Å². The van der Waals surface area contributed by atoms with Crippen LogP contribution in [0.2, 0.25) is 0 Å². The molecule has 0 spiro atoms. The van der Waals surface area contributed by atoms with Gasteiger partial charge in [-0.15, -0.1) is 0 Å². The second-order valence-corrected chi connectivity index (χ2v) is 5.47. The minimum atomic E-state index is -0.211.